The van der Waals surface area contributed by atoms with E-state index in [2.05, 4.69) is 10.2 Å². The first-order chi connectivity index (χ1) is 12.5. The Balaban J connectivity index is 1.80. The summed E-state index contributed by atoms with van der Waals surface area (Å²) in [5.74, 6) is -1.56. The van der Waals surface area contributed by atoms with E-state index in [-0.39, 0.29) is 12.8 Å². The SMILES string of the molecule is Cc1cc(N2CCOCC2)ccc1C(=O)N(C=O)C1CCC(=O)NC1=O. The first kappa shape index (κ1) is 18.1. The molecule has 26 heavy (non-hydrogen) atoms. The Morgan fingerprint density at radius 2 is 2.04 bits per heavy atom. The molecule has 0 bridgehead atoms. The number of imide groups is 2. The predicted molar refractivity (Wildman–Crippen MR) is 92.6 cm³/mol. The van der Waals surface area contributed by atoms with E-state index in [4.69, 9.17) is 4.74 Å². The van der Waals surface area contributed by atoms with E-state index in [9.17, 15) is 19.2 Å². The second-order valence-electron chi connectivity index (χ2n) is 6.38. The lowest BCUT2D eigenvalue weighted by Gasteiger charge is -2.30. The van der Waals surface area contributed by atoms with Crippen molar-refractivity contribution in [3.8, 4) is 0 Å². The van der Waals surface area contributed by atoms with E-state index in [0.717, 1.165) is 29.2 Å². The van der Waals surface area contributed by atoms with E-state index in [1.54, 1.807) is 13.0 Å². The van der Waals surface area contributed by atoms with Crippen LogP contribution in [0.2, 0.25) is 0 Å². The molecule has 0 radical (unpaired) electrons. The summed E-state index contributed by atoms with van der Waals surface area (Å²) in [5.41, 5.74) is 2.07. The van der Waals surface area contributed by atoms with Gasteiger partial charge in [0.05, 0.1) is 13.2 Å². The lowest BCUT2D eigenvalue weighted by atomic mass is 10.0. The maximum absolute atomic E-state index is 12.8. The van der Waals surface area contributed by atoms with Crippen LogP contribution in [0.15, 0.2) is 18.2 Å². The number of nitrogens with zero attached hydrogens (tertiary/aromatic N) is 2. The van der Waals surface area contributed by atoms with Gasteiger partial charge in [-0.1, -0.05) is 0 Å². The monoisotopic (exact) mass is 359 g/mol. The average Bonchev–Trinajstić information content (AvgIpc) is 2.64. The van der Waals surface area contributed by atoms with Crippen LogP contribution < -0.4 is 10.2 Å². The van der Waals surface area contributed by atoms with Crippen molar-refractivity contribution in [2.24, 2.45) is 0 Å². The zero-order valence-corrected chi connectivity index (χ0v) is 14.6. The van der Waals surface area contributed by atoms with Gasteiger partial charge in [0.2, 0.25) is 18.2 Å². The lowest BCUT2D eigenvalue weighted by Crippen LogP contribution is -2.53. The molecule has 1 unspecified atom stereocenters. The minimum Gasteiger partial charge on any atom is -0.378 e. The van der Waals surface area contributed by atoms with Gasteiger partial charge in [0, 0.05) is 30.8 Å². The van der Waals surface area contributed by atoms with Gasteiger partial charge in [0.15, 0.2) is 0 Å². The zero-order chi connectivity index (χ0) is 18.7. The summed E-state index contributed by atoms with van der Waals surface area (Å²) >= 11 is 0. The molecule has 0 aliphatic carbocycles. The standard InChI is InChI=1S/C18H21N3O5/c1-12-10-13(20-6-8-26-9-7-20)2-3-14(12)18(25)21(11-22)15-4-5-16(23)19-17(15)24/h2-3,10-11,15H,4-9H2,1H3,(H,19,23,24). The summed E-state index contributed by atoms with van der Waals surface area (Å²) < 4.78 is 5.34. The smallest absolute Gasteiger partial charge is 0.261 e. The minimum atomic E-state index is -0.962. The van der Waals surface area contributed by atoms with Gasteiger partial charge < -0.3 is 9.64 Å². The molecule has 0 spiro atoms. The van der Waals surface area contributed by atoms with Gasteiger partial charge in [-0.05, 0) is 37.1 Å². The summed E-state index contributed by atoms with van der Waals surface area (Å²) in [6.07, 6.45) is 0.598. The van der Waals surface area contributed by atoms with Gasteiger partial charge in [-0.25, -0.2) is 0 Å². The molecule has 2 fully saturated rings. The molecule has 0 saturated carbocycles. The normalized spacial score (nSPS) is 20.5. The Bertz CT molecular complexity index is 742. The molecule has 8 nitrogen and oxygen atoms in total. The number of benzene rings is 1. The van der Waals surface area contributed by atoms with Crippen LogP contribution in [-0.2, 0) is 19.1 Å². The number of nitrogens with one attached hydrogen (secondary N) is 1. The number of aryl methyl sites for hydroxylation is 1. The molecule has 1 atom stereocenters. The number of amides is 4. The fourth-order valence-electron chi connectivity index (χ4n) is 3.26. The van der Waals surface area contributed by atoms with E-state index in [0.29, 0.717) is 25.2 Å². The average molecular weight is 359 g/mol. The highest BCUT2D eigenvalue weighted by Crippen LogP contribution is 2.22. The fraction of sp³-hybridized carbons (Fsp3) is 0.444. The van der Waals surface area contributed by atoms with E-state index in [1.165, 1.54) is 0 Å². The molecule has 2 heterocycles. The van der Waals surface area contributed by atoms with Crippen LogP contribution in [0.5, 0.6) is 0 Å². The van der Waals surface area contributed by atoms with Crippen LogP contribution in [0.4, 0.5) is 5.69 Å². The zero-order valence-electron chi connectivity index (χ0n) is 14.6. The van der Waals surface area contributed by atoms with Gasteiger partial charge in [-0.15, -0.1) is 0 Å². The molecule has 1 aromatic rings. The third kappa shape index (κ3) is 3.60. The molecule has 2 aliphatic rings. The van der Waals surface area contributed by atoms with Gasteiger partial charge in [0.25, 0.3) is 5.91 Å². The topological polar surface area (TPSA) is 96.0 Å². The van der Waals surface area contributed by atoms with Gasteiger partial charge in [-0.2, -0.15) is 0 Å². The number of piperidine rings is 1. The summed E-state index contributed by atoms with van der Waals surface area (Å²) in [7, 11) is 0. The van der Waals surface area contributed by atoms with Crippen LogP contribution in [0.3, 0.4) is 0 Å². The first-order valence-electron chi connectivity index (χ1n) is 8.56. The second-order valence-corrected chi connectivity index (χ2v) is 6.38. The van der Waals surface area contributed by atoms with Crippen molar-refractivity contribution in [2.45, 2.75) is 25.8 Å². The largest absolute Gasteiger partial charge is 0.378 e. The Hall–Kier alpha value is -2.74. The molecule has 138 valence electrons. The van der Waals surface area contributed by atoms with Crippen molar-refractivity contribution in [1.82, 2.24) is 10.2 Å². The van der Waals surface area contributed by atoms with E-state index < -0.39 is 23.8 Å². The molecule has 2 saturated heterocycles. The van der Waals surface area contributed by atoms with Gasteiger partial charge in [0.1, 0.15) is 6.04 Å². The summed E-state index contributed by atoms with van der Waals surface area (Å²) in [4.78, 5) is 50.6. The number of morpholine rings is 1. The van der Waals surface area contributed by atoms with Crippen molar-refractivity contribution >= 4 is 29.8 Å². The Kier molecular flexibility index (Phi) is 5.32. The third-order valence-corrected chi connectivity index (χ3v) is 4.71. The highest BCUT2D eigenvalue weighted by Gasteiger charge is 2.35. The Morgan fingerprint density at radius 3 is 2.65 bits per heavy atom. The predicted octanol–water partition coefficient (Wildman–Crippen LogP) is 0.235. The summed E-state index contributed by atoms with van der Waals surface area (Å²) in [5, 5.41) is 2.17. The Morgan fingerprint density at radius 1 is 1.31 bits per heavy atom. The van der Waals surface area contributed by atoms with E-state index in [1.807, 2.05) is 12.1 Å². The molecular formula is C18H21N3O5. The molecule has 3 rings (SSSR count). The third-order valence-electron chi connectivity index (χ3n) is 4.71. The van der Waals surface area contributed by atoms with Crippen LogP contribution in [-0.4, -0.2) is 61.4 Å². The van der Waals surface area contributed by atoms with Crippen LogP contribution in [0.25, 0.3) is 0 Å². The molecule has 2 aliphatic heterocycles. The summed E-state index contributed by atoms with van der Waals surface area (Å²) in [6, 6.07) is 4.44. The summed E-state index contributed by atoms with van der Waals surface area (Å²) in [6.45, 7) is 4.68. The number of anilines is 1. The minimum absolute atomic E-state index is 0.100. The number of carbonyl (C=O) groups excluding carboxylic acids is 4. The van der Waals surface area contributed by atoms with Crippen molar-refractivity contribution in [1.29, 1.82) is 0 Å². The van der Waals surface area contributed by atoms with Gasteiger partial charge >= 0.3 is 0 Å². The number of carbonyl (C=O) groups is 4. The molecule has 0 aromatic heterocycles. The lowest BCUT2D eigenvalue weighted by molar-refractivity contribution is -0.139. The molecule has 8 heteroatoms. The van der Waals surface area contributed by atoms with Gasteiger partial charge in [-0.3, -0.25) is 29.4 Å². The van der Waals surface area contributed by atoms with Crippen LogP contribution >= 0.6 is 0 Å². The second kappa shape index (κ2) is 7.65. The maximum atomic E-state index is 12.8. The highest BCUT2D eigenvalue weighted by atomic mass is 16.5. The first-order valence-corrected chi connectivity index (χ1v) is 8.56. The Labute approximate surface area is 151 Å². The maximum Gasteiger partial charge on any atom is 0.261 e. The highest BCUT2D eigenvalue weighted by molar-refractivity contribution is 6.07. The van der Waals surface area contributed by atoms with Crippen molar-refractivity contribution in [3.05, 3.63) is 29.3 Å². The molecular weight excluding hydrogens is 338 g/mol. The fourth-order valence-corrected chi connectivity index (χ4v) is 3.26. The number of ether oxygens (including phenoxy) is 1. The molecule has 4 amide bonds. The van der Waals surface area contributed by atoms with Crippen molar-refractivity contribution in [3.63, 3.8) is 0 Å². The number of hydrogen-bond donors (Lipinski definition) is 1. The number of rotatable bonds is 4. The van der Waals surface area contributed by atoms with Crippen LogP contribution in [0.1, 0.15) is 28.8 Å². The molecule has 1 N–H and O–H groups in total. The van der Waals surface area contributed by atoms with Crippen molar-refractivity contribution < 1.29 is 23.9 Å². The van der Waals surface area contributed by atoms with E-state index >= 15 is 0 Å². The van der Waals surface area contributed by atoms with Crippen molar-refractivity contribution in [2.75, 3.05) is 31.2 Å². The quantitative estimate of drug-likeness (QED) is 0.611. The number of hydrogen-bond acceptors (Lipinski definition) is 6. The molecule has 1 aromatic carbocycles. The van der Waals surface area contributed by atoms with Crippen LogP contribution in [0, 0.1) is 6.92 Å².